The maximum absolute atomic E-state index is 13.5. The SMILES string of the molecule is CCOC(=O)CCCN1CCc2c(C(F)(F)F)nn(-c3ccc(OC)cc3)c2C1=O. The van der Waals surface area contributed by atoms with Crippen LogP contribution in [0.2, 0.25) is 0 Å². The van der Waals surface area contributed by atoms with Crippen molar-refractivity contribution in [1.29, 1.82) is 0 Å². The number of benzene rings is 1. The third-order valence-electron chi connectivity index (χ3n) is 4.80. The second kappa shape index (κ2) is 8.76. The number of carbonyl (C=O) groups is 2. The first-order chi connectivity index (χ1) is 14.3. The number of nitrogens with zero attached hydrogens (tertiary/aromatic N) is 3. The fraction of sp³-hybridized carbons (Fsp3) is 0.450. The molecule has 0 fully saturated rings. The summed E-state index contributed by atoms with van der Waals surface area (Å²) in [5.74, 6) is -0.382. The summed E-state index contributed by atoms with van der Waals surface area (Å²) >= 11 is 0. The van der Waals surface area contributed by atoms with Gasteiger partial charge in [0, 0.05) is 25.1 Å². The molecular weight excluding hydrogens is 403 g/mol. The molecule has 162 valence electrons. The van der Waals surface area contributed by atoms with Crippen LogP contribution in [0, 0.1) is 0 Å². The number of hydrogen-bond donors (Lipinski definition) is 0. The minimum atomic E-state index is -4.67. The average molecular weight is 425 g/mol. The van der Waals surface area contributed by atoms with E-state index in [1.165, 1.54) is 12.0 Å². The van der Waals surface area contributed by atoms with E-state index in [4.69, 9.17) is 9.47 Å². The lowest BCUT2D eigenvalue weighted by Gasteiger charge is -2.27. The summed E-state index contributed by atoms with van der Waals surface area (Å²) < 4.78 is 51.6. The zero-order valence-electron chi connectivity index (χ0n) is 16.7. The molecular formula is C20H22F3N3O4. The summed E-state index contributed by atoms with van der Waals surface area (Å²) in [7, 11) is 1.48. The van der Waals surface area contributed by atoms with Crippen LogP contribution < -0.4 is 4.74 Å². The smallest absolute Gasteiger partial charge is 0.435 e. The minimum Gasteiger partial charge on any atom is -0.497 e. The Morgan fingerprint density at radius 3 is 2.53 bits per heavy atom. The number of amides is 1. The topological polar surface area (TPSA) is 73.7 Å². The molecule has 0 unspecified atom stereocenters. The van der Waals surface area contributed by atoms with E-state index in [0.29, 0.717) is 17.9 Å². The summed E-state index contributed by atoms with van der Waals surface area (Å²) in [6, 6.07) is 6.25. The van der Waals surface area contributed by atoms with Gasteiger partial charge in [-0.25, -0.2) is 4.68 Å². The quantitative estimate of drug-likeness (QED) is 0.637. The Bertz CT molecular complexity index is 923. The molecule has 1 aliphatic rings. The van der Waals surface area contributed by atoms with Crippen LogP contribution in [0.15, 0.2) is 24.3 Å². The molecule has 30 heavy (non-hydrogen) atoms. The number of methoxy groups -OCH3 is 1. The lowest BCUT2D eigenvalue weighted by atomic mass is 10.0. The van der Waals surface area contributed by atoms with Crippen LogP contribution in [-0.2, 0) is 22.1 Å². The lowest BCUT2D eigenvalue weighted by molar-refractivity contribution is -0.143. The number of rotatable bonds is 7. The predicted octanol–water partition coefficient (Wildman–Crippen LogP) is 3.24. The Labute approximate surface area is 171 Å². The number of ether oxygens (including phenoxy) is 2. The van der Waals surface area contributed by atoms with Crippen LogP contribution >= 0.6 is 0 Å². The maximum Gasteiger partial charge on any atom is 0.435 e. The van der Waals surface area contributed by atoms with E-state index in [9.17, 15) is 22.8 Å². The Hall–Kier alpha value is -3.04. The fourth-order valence-electron chi connectivity index (χ4n) is 3.40. The van der Waals surface area contributed by atoms with Gasteiger partial charge in [0.15, 0.2) is 5.69 Å². The van der Waals surface area contributed by atoms with Crippen LogP contribution in [0.25, 0.3) is 5.69 Å². The van der Waals surface area contributed by atoms with E-state index in [1.54, 1.807) is 31.2 Å². The number of alkyl halides is 3. The van der Waals surface area contributed by atoms with Gasteiger partial charge >= 0.3 is 12.1 Å². The van der Waals surface area contributed by atoms with E-state index in [2.05, 4.69) is 5.10 Å². The predicted molar refractivity (Wildman–Crippen MR) is 101 cm³/mol. The van der Waals surface area contributed by atoms with Gasteiger partial charge in [0.05, 0.1) is 19.4 Å². The van der Waals surface area contributed by atoms with Crippen LogP contribution in [0.5, 0.6) is 5.75 Å². The van der Waals surface area contributed by atoms with Crippen molar-refractivity contribution in [3.63, 3.8) is 0 Å². The second-order valence-electron chi connectivity index (χ2n) is 6.73. The molecule has 2 heterocycles. The molecule has 7 nitrogen and oxygen atoms in total. The van der Waals surface area contributed by atoms with E-state index in [1.807, 2.05) is 0 Å². The number of carbonyl (C=O) groups excluding carboxylic acids is 2. The highest BCUT2D eigenvalue weighted by Gasteiger charge is 2.43. The van der Waals surface area contributed by atoms with Crippen molar-refractivity contribution in [2.45, 2.75) is 32.4 Å². The number of halogens is 3. The zero-order valence-corrected chi connectivity index (χ0v) is 16.7. The van der Waals surface area contributed by atoms with E-state index < -0.39 is 17.8 Å². The molecule has 0 radical (unpaired) electrons. The summed E-state index contributed by atoms with van der Waals surface area (Å²) in [4.78, 5) is 26.0. The fourth-order valence-corrected chi connectivity index (χ4v) is 3.40. The summed E-state index contributed by atoms with van der Waals surface area (Å²) in [6.45, 7) is 2.34. The molecule has 1 aliphatic heterocycles. The van der Waals surface area contributed by atoms with Gasteiger partial charge in [-0.2, -0.15) is 18.3 Å². The first-order valence-corrected chi connectivity index (χ1v) is 9.54. The third-order valence-corrected chi connectivity index (χ3v) is 4.80. The summed E-state index contributed by atoms with van der Waals surface area (Å²) in [6.07, 6.45) is -4.14. The van der Waals surface area contributed by atoms with Crippen LogP contribution in [0.1, 0.15) is 41.5 Å². The summed E-state index contributed by atoms with van der Waals surface area (Å²) in [5.41, 5.74) is -0.933. The highest BCUT2D eigenvalue weighted by Crippen LogP contribution is 2.36. The molecule has 3 rings (SSSR count). The molecule has 2 aromatic rings. The van der Waals surface area contributed by atoms with Crippen molar-refractivity contribution >= 4 is 11.9 Å². The van der Waals surface area contributed by atoms with Gasteiger partial charge in [0.25, 0.3) is 5.91 Å². The first kappa shape index (κ1) is 21.7. The van der Waals surface area contributed by atoms with E-state index in [0.717, 1.165) is 4.68 Å². The first-order valence-electron chi connectivity index (χ1n) is 9.54. The van der Waals surface area contributed by atoms with Crippen LogP contribution in [-0.4, -0.2) is 53.4 Å². The molecule has 1 aromatic carbocycles. The van der Waals surface area contributed by atoms with Crippen molar-refractivity contribution < 1.29 is 32.2 Å². The zero-order chi connectivity index (χ0) is 21.9. The molecule has 10 heteroatoms. The normalized spacial score (nSPS) is 13.9. The summed E-state index contributed by atoms with van der Waals surface area (Å²) in [5, 5.41) is 3.74. The van der Waals surface area contributed by atoms with Crippen LogP contribution in [0.3, 0.4) is 0 Å². The molecule has 0 atom stereocenters. The number of hydrogen-bond acceptors (Lipinski definition) is 5. The number of esters is 1. The Balaban J connectivity index is 1.91. The lowest BCUT2D eigenvalue weighted by Crippen LogP contribution is -2.39. The molecule has 1 aromatic heterocycles. The van der Waals surface area contributed by atoms with Gasteiger partial charge in [-0.05, 0) is 44.0 Å². The largest absolute Gasteiger partial charge is 0.497 e. The van der Waals surface area contributed by atoms with Gasteiger partial charge in [-0.3, -0.25) is 9.59 Å². The highest BCUT2D eigenvalue weighted by atomic mass is 19.4. The Morgan fingerprint density at radius 2 is 1.93 bits per heavy atom. The van der Waals surface area contributed by atoms with Gasteiger partial charge in [-0.15, -0.1) is 0 Å². The number of aromatic nitrogens is 2. The standard InChI is InChI=1S/C20H22F3N3O4/c1-3-30-16(27)5-4-11-25-12-10-15-17(19(25)28)26(24-18(15)20(21,22)23)13-6-8-14(29-2)9-7-13/h6-9H,3-5,10-12H2,1-2H3. The Morgan fingerprint density at radius 1 is 1.23 bits per heavy atom. The maximum atomic E-state index is 13.5. The highest BCUT2D eigenvalue weighted by molar-refractivity contribution is 5.96. The van der Waals surface area contributed by atoms with Crippen LogP contribution in [0.4, 0.5) is 13.2 Å². The minimum absolute atomic E-state index is 0.0332. The van der Waals surface area contributed by atoms with Gasteiger partial charge in [-0.1, -0.05) is 0 Å². The third kappa shape index (κ3) is 4.42. The van der Waals surface area contributed by atoms with Crippen molar-refractivity contribution in [3.05, 3.63) is 41.2 Å². The van der Waals surface area contributed by atoms with Gasteiger partial charge in [0.2, 0.25) is 0 Å². The molecule has 0 aliphatic carbocycles. The molecule has 0 bridgehead atoms. The monoisotopic (exact) mass is 425 g/mol. The molecule has 0 spiro atoms. The molecule has 1 amide bonds. The Kier molecular flexibility index (Phi) is 6.33. The molecule has 0 saturated carbocycles. The van der Waals surface area contributed by atoms with Crippen molar-refractivity contribution in [2.75, 3.05) is 26.8 Å². The van der Waals surface area contributed by atoms with E-state index in [-0.39, 0.29) is 49.8 Å². The van der Waals surface area contributed by atoms with Crippen molar-refractivity contribution in [1.82, 2.24) is 14.7 Å². The second-order valence-corrected chi connectivity index (χ2v) is 6.73. The van der Waals surface area contributed by atoms with Gasteiger partial charge in [0.1, 0.15) is 11.4 Å². The molecule has 0 saturated heterocycles. The molecule has 0 N–H and O–H groups in total. The average Bonchev–Trinajstić information content (AvgIpc) is 3.11. The van der Waals surface area contributed by atoms with E-state index >= 15 is 0 Å². The van der Waals surface area contributed by atoms with Crippen molar-refractivity contribution in [2.24, 2.45) is 0 Å². The van der Waals surface area contributed by atoms with Gasteiger partial charge < -0.3 is 14.4 Å². The van der Waals surface area contributed by atoms with Crippen molar-refractivity contribution in [3.8, 4) is 11.4 Å². The number of fused-ring (bicyclic) bond motifs is 1.